The van der Waals surface area contributed by atoms with Gasteiger partial charge in [0.05, 0.1) is 29.0 Å². The van der Waals surface area contributed by atoms with Crippen LogP contribution in [0.3, 0.4) is 0 Å². The van der Waals surface area contributed by atoms with Crippen LogP contribution in [0.15, 0.2) is 42.7 Å². The first kappa shape index (κ1) is 22.9. The summed E-state index contributed by atoms with van der Waals surface area (Å²) in [5.74, 6) is 0.115. The Morgan fingerprint density at radius 1 is 1.27 bits per heavy atom. The molecule has 0 spiro atoms. The van der Waals surface area contributed by atoms with Crippen LogP contribution in [-0.4, -0.2) is 43.0 Å². The van der Waals surface area contributed by atoms with Crippen molar-refractivity contribution in [3.63, 3.8) is 0 Å². The molecule has 0 bridgehead atoms. The zero-order chi connectivity index (χ0) is 24.0. The van der Waals surface area contributed by atoms with Gasteiger partial charge in [0.2, 0.25) is 0 Å². The van der Waals surface area contributed by atoms with E-state index in [2.05, 4.69) is 26.7 Å². The number of nitrogens with one attached hydrogen (secondary N) is 3. The molecule has 10 heteroatoms. The van der Waals surface area contributed by atoms with Crippen molar-refractivity contribution in [2.75, 3.05) is 18.9 Å². The van der Waals surface area contributed by atoms with E-state index >= 15 is 4.39 Å². The van der Waals surface area contributed by atoms with E-state index in [9.17, 15) is 4.55 Å². The Kier molecular flexibility index (Phi) is 5.74. The van der Waals surface area contributed by atoms with Crippen molar-refractivity contribution in [3.05, 3.63) is 59.7 Å². The first-order chi connectivity index (χ1) is 15.5. The lowest BCUT2D eigenvalue weighted by molar-refractivity contribution is 0.327. The van der Waals surface area contributed by atoms with Crippen LogP contribution in [0.2, 0.25) is 0 Å². The molecule has 4 rings (SSSR count). The maximum absolute atomic E-state index is 15.1. The van der Waals surface area contributed by atoms with E-state index in [1.807, 2.05) is 0 Å². The molecule has 3 N–H and O–H groups in total. The SMILES string of the molecule is CN1C[C@@](C)(c2cc(Nc3nccc4cc(C#N)cnc34)ccc2F)NC(=N)C(C)(C)[S+]1[O-]. The Hall–Kier alpha value is -3.26. The maximum atomic E-state index is 15.1. The van der Waals surface area contributed by atoms with Crippen LogP contribution in [0.5, 0.6) is 0 Å². The molecule has 8 nitrogen and oxygen atoms in total. The number of hydrogen-bond acceptors (Lipinski definition) is 7. The van der Waals surface area contributed by atoms with Crippen LogP contribution in [-0.2, 0) is 16.9 Å². The topological polar surface area (TPSA) is 124 Å². The molecule has 3 heterocycles. The summed E-state index contributed by atoms with van der Waals surface area (Å²) < 4.78 is 28.6. The molecule has 0 saturated carbocycles. The second-order valence-corrected chi connectivity index (χ2v) is 10.9. The van der Waals surface area contributed by atoms with Gasteiger partial charge in [-0.3, -0.25) is 10.4 Å². The van der Waals surface area contributed by atoms with Crippen molar-refractivity contribution >= 4 is 39.6 Å². The fourth-order valence-electron chi connectivity index (χ4n) is 3.97. The molecule has 0 amide bonds. The summed E-state index contributed by atoms with van der Waals surface area (Å²) in [5.41, 5.74) is 0.948. The third kappa shape index (κ3) is 4.11. The van der Waals surface area contributed by atoms with Crippen LogP contribution in [0.1, 0.15) is 31.9 Å². The largest absolute Gasteiger partial charge is 0.597 e. The average molecular weight is 466 g/mol. The molecule has 0 aliphatic carbocycles. The fourth-order valence-corrected chi connectivity index (χ4v) is 5.35. The number of hydrogen-bond donors (Lipinski definition) is 3. The molecule has 33 heavy (non-hydrogen) atoms. The molecule has 2 aromatic heterocycles. The number of fused-ring (bicyclic) bond motifs is 1. The maximum Gasteiger partial charge on any atom is 0.195 e. The third-order valence-corrected chi connectivity index (χ3v) is 7.59. The standard InChI is InChI=1S/C23H24FN7OS/c1-22(2)21(26)30-23(3,13-31(4)33(22)32)17-10-16(5-6-18(17)24)29-20-19-15(7-8-27-20)9-14(11-25)12-28-19/h5-10,12H,13H2,1-4H3,(H2,26,30)(H,27,29)/t23-,33?/m0/s1. The van der Waals surface area contributed by atoms with E-state index < -0.39 is 27.5 Å². The van der Waals surface area contributed by atoms with Gasteiger partial charge in [0.15, 0.2) is 16.4 Å². The summed E-state index contributed by atoms with van der Waals surface area (Å²) >= 11 is -1.46. The number of pyridine rings is 2. The van der Waals surface area contributed by atoms with Gasteiger partial charge in [-0.2, -0.15) is 5.26 Å². The first-order valence-electron chi connectivity index (χ1n) is 10.3. The van der Waals surface area contributed by atoms with Crippen molar-refractivity contribution in [1.82, 2.24) is 19.6 Å². The summed E-state index contributed by atoms with van der Waals surface area (Å²) in [6.07, 6.45) is 3.09. The lowest BCUT2D eigenvalue weighted by Crippen LogP contribution is -2.51. The zero-order valence-electron chi connectivity index (χ0n) is 18.7. The highest BCUT2D eigenvalue weighted by Crippen LogP contribution is 2.35. The van der Waals surface area contributed by atoms with Gasteiger partial charge < -0.3 is 15.2 Å². The van der Waals surface area contributed by atoms with E-state index in [-0.39, 0.29) is 12.4 Å². The van der Waals surface area contributed by atoms with Crippen LogP contribution in [0, 0.1) is 22.6 Å². The Labute approximate surface area is 194 Å². The number of nitriles is 1. The van der Waals surface area contributed by atoms with Crippen molar-refractivity contribution < 1.29 is 8.94 Å². The monoisotopic (exact) mass is 465 g/mol. The summed E-state index contributed by atoms with van der Waals surface area (Å²) in [4.78, 5) is 8.70. The van der Waals surface area contributed by atoms with Gasteiger partial charge in [-0.15, -0.1) is 4.31 Å². The Morgan fingerprint density at radius 2 is 2.03 bits per heavy atom. The molecule has 1 aliphatic rings. The minimum Gasteiger partial charge on any atom is -0.597 e. The van der Waals surface area contributed by atoms with Crippen LogP contribution >= 0.6 is 0 Å². The number of aromatic nitrogens is 2. The van der Waals surface area contributed by atoms with Gasteiger partial charge in [-0.25, -0.2) is 9.37 Å². The highest BCUT2D eigenvalue weighted by atomic mass is 32.2. The highest BCUT2D eigenvalue weighted by Gasteiger charge is 2.49. The normalized spacial score (nSPS) is 22.9. The first-order valence-corrected chi connectivity index (χ1v) is 11.4. The summed E-state index contributed by atoms with van der Waals surface area (Å²) in [5, 5.41) is 24.7. The number of rotatable bonds is 3. The van der Waals surface area contributed by atoms with Gasteiger partial charge >= 0.3 is 0 Å². The van der Waals surface area contributed by atoms with Gasteiger partial charge in [-0.05, 0) is 51.1 Å². The predicted octanol–water partition coefficient (Wildman–Crippen LogP) is 3.55. The van der Waals surface area contributed by atoms with Crippen molar-refractivity contribution in [2.24, 2.45) is 0 Å². The fraction of sp³-hybridized carbons (Fsp3) is 0.304. The summed E-state index contributed by atoms with van der Waals surface area (Å²) in [6, 6.07) is 10.2. The molecule has 2 atom stereocenters. The molecule has 3 aromatic rings. The third-order valence-electron chi connectivity index (χ3n) is 5.81. The zero-order valence-corrected chi connectivity index (χ0v) is 19.5. The van der Waals surface area contributed by atoms with E-state index in [1.54, 1.807) is 62.6 Å². The molecule has 1 saturated heterocycles. The highest BCUT2D eigenvalue weighted by molar-refractivity contribution is 7.91. The molecule has 1 aromatic carbocycles. The van der Waals surface area contributed by atoms with Crippen LogP contribution in [0.25, 0.3) is 10.9 Å². The number of anilines is 2. The predicted molar refractivity (Wildman–Crippen MR) is 127 cm³/mol. The molecule has 170 valence electrons. The lowest BCUT2D eigenvalue weighted by Gasteiger charge is -2.32. The smallest absolute Gasteiger partial charge is 0.195 e. The molecule has 1 aliphatic heterocycles. The number of likely N-dealkylation sites (N-methyl/N-ethyl adjacent to an activating group) is 1. The van der Waals surface area contributed by atoms with Gasteiger partial charge in [-0.1, -0.05) is 0 Å². The van der Waals surface area contributed by atoms with Gasteiger partial charge in [0, 0.05) is 36.1 Å². The Morgan fingerprint density at radius 3 is 2.76 bits per heavy atom. The van der Waals surface area contributed by atoms with Crippen LogP contribution in [0.4, 0.5) is 15.9 Å². The molecule has 1 unspecified atom stereocenters. The van der Waals surface area contributed by atoms with E-state index in [1.165, 1.54) is 12.3 Å². The Balaban J connectivity index is 1.73. The number of benzene rings is 1. The minimum atomic E-state index is -1.46. The molecular formula is C23H24FN7OS. The van der Waals surface area contributed by atoms with Crippen molar-refractivity contribution in [3.8, 4) is 6.07 Å². The van der Waals surface area contributed by atoms with Crippen molar-refractivity contribution in [1.29, 1.82) is 10.7 Å². The molecular weight excluding hydrogens is 441 g/mol. The van der Waals surface area contributed by atoms with E-state index in [4.69, 9.17) is 10.7 Å². The van der Waals surface area contributed by atoms with Gasteiger partial charge in [0.25, 0.3) is 0 Å². The average Bonchev–Trinajstić information content (AvgIpc) is 2.84. The number of halogens is 1. The molecule has 0 radical (unpaired) electrons. The Bertz CT molecular complexity index is 1290. The second-order valence-electron chi connectivity index (χ2n) is 8.76. The molecule has 1 fully saturated rings. The quantitative estimate of drug-likeness (QED) is 0.505. The lowest BCUT2D eigenvalue weighted by atomic mass is 9.90. The number of nitrogens with zero attached hydrogens (tertiary/aromatic N) is 4. The summed E-state index contributed by atoms with van der Waals surface area (Å²) in [7, 11) is 1.71. The van der Waals surface area contributed by atoms with Crippen LogP contribution < -0.4 is 10.6 Å². The van der Waals surface area contributed by atoms with Crippen molar-refractivity contribution in [2.45, 2.75) is 31.1 Å². The minimum absolute atomic E-state index is 0.0821. The number of amidine groups is 1. The van der Waals surface area contributed by atoms with E-state index in [0.717, 1.165) is 5.39 Å². The second kappa shape index (κ2) is 8.26. The van der Waals surface area contributed by atoms with Gasteiger partial charge in [0.1, 0.15) is 17.4 Å². The van der Waals surface area contributed by atoms with E-state index in [0.29, 0.717) is 28.1 Å². The summed E-state index contributed by atoms with van der Waals surface area (Å²) in [6.45, 7) is 5.48.